The van der Waals surface area contributed by atoms with Crippen LogP contribution in [0.25, 0.3) is 21.8 Å². The maximum Gasteiger partial charge on any atom is 0.316 e. The molecule has 2 atom stereocenters. The fraction of sp³-hybridized carbons (Fsp3) is 0.381. The molecule has 1 aromatic heterocycles. The van der Waals surface area contributed by atoms with Gasteiger partial charge in [-0.15, -0.1) is 0 Å². The monoisotopic (exact) mass is 332 g/mol. The lowest BCUT2D eigenvalue weighted by Crippen LogP contribution is -2.45. The van der Waals surface area contributed by atoms with E-state index in [-0.39, 0.29) is 5.41 Å². The average Bonchev–Trinajstić information content (AvgIpc) is 2.87. The summed E-state index contributed by atoms with van der Waals surface area (Å²) in [7, 11) is 0. The van der Waals surface area contributed by atoms with Crippen LogP contribution in [0, 0.1) is 5.41 Å². The minimum Gasteiger partial charge on any atom is -0.481 e. The molecule has 0 spiro atoms. The first-order valence-electron chi connectivity index (χ1n) is 8.76. The maximum absolute atomic E-state index is 12.4. The fourth-order valence-corrected chi connectivity index (χ4v) is 5.26. The van der Waals surface area contributed by atoms with E-state index >= 15 is 0 Å². The molecule has 126 valence electrons. The molecule has 2 bridgehead atoms. The molecule has 1 fully saturated rings. The zero-order valence-electron chi connectivity index (χ0n) is 14.6. The van der Waals surface area contributed by atoms with Gasteiger partial charge >= 0.3 is 5.97 Å². The molecule has 0 radical (unpaired) electrons. The molecule has 1 heterocycles. The van der Waals surface area contributed by atoms with E-state index in [1.807, 2.05) is 24.3 Å². The van der Waals surface area contributed by atoms with Crippen LogP contribution in [0.3, 0.4) is 0 Å². The molecule has 1 saturated carbocycles. The van der Waals surface area contributed by atoms with E-state index in [9.17, 15) is 9.90 Å². The molecule has 4 heteroatoms. The Hall–Kier alpha value is -2.49. The van der Waals surface area contributed by atoms with Crippen molar-refractivity contribution in [2.75, 3.05) is 0 Å². The van der Waals surface area contributed by atoms with Crippen molar-refractivity contribution < 1.29 is 9.90 Å². The molecule has 2 aliphatic carbocycles. The van der Waals surface area contributed by atoms with Crippen LogP contribution in [-0.4, -0.2) is 21.0 Å². The number of aliphatic carboxylic acids is 1. The van der Waals surface area contributed by atoms with Crippen LogP contribution in [0.2, 0.25) is 0 Å². The van der Waals surface area contributed by atoms with E-state index in [4.69, 9.17) is 9.97 Å². The summed E-state index contributed by atoms with van der Waals surface area (Å²) in [5, 5.41) is 12.4. The molecule has 0 saturated heterocycles. The van der Waals surface area contributed by atoms with Gasteiger partial charge in [0.25, 0.3) is 0 Å². The van der Waals surface area contributed by atoms with E-state index in [1.54, 1.807) is 0 Å². The van der Waals surface area contributed by atoms with Crippen molar-refractivity contribution in [1.82, 2.24) is 9.97 Å². The van der Waals surface area contributed by atoms with Crippen LogP contribution in [0.1, 0.15) is 45.0 Å². The number of aromatic nitrogens is 2. The first-order valence-corrected chi connectivity index (χ1v) is 8.76. The molecular weight excluding hydrogens is 312 g/mol. The Labute approximate surface area is 145 Å². The Kier molecular flexibility index (Phi) is 2.48. The molecule has 0 aliphatic heterocycles. The van der Waals surface area contributed by atoms with E-state index in [1.165, 1.54) is 0 Å². The number of carboxylic acid groups (broad SMARTS) is 1. The number of nitrogens with zero attached hydrogens (tertiary/aromatic N) is 2. The molecule has 4 nitrogen and oxygen atoms in total. The van der Waals surface area contributed by atoms with Gasteiger partial charge in [-0.25, -0.2) is 9.97 Å². The first kappa shape index (κ1) is 14.8. The van der Waals surface area contributed by atoms with Crippen LogP contribution in [0.4, 0.5) is 0 Å². The number of rotatable bonds is 1. The number of hydrogen-bond acceptors (Lipinski definition) is 3. The highest BCUT2D eigenvalue weighted by Gasteiger charge is 2.73. The van der Waals surface area contributed by atoms with Crippen molar-refractivity contribution in [3.05, 3.63) is 47.8 Å². The molecule has 3 aromatic rings. The first-order chi connectivity index (χ1) is 11.8. The van der Waals surface area contributed by atoms with Gasteiger partial charge in [0.05, 0.1) is 22.4 Å². The second-order valence-corrected chi connectivity index (χ2v) is 8.28. The molecular formula is C21H20N2O2. The molecule has 2 unspecified atom stereocenters. The van der Waals surface area contributed by atoms with Gasteiger partial charge in [-0.2, -0.15) is 0 Å². The predicted octanol–water partition coefficient (Wildman–Crippen LogP) is 4.20. The fourth-order valence-electron chi connectivity index (χ4n) is 5.26. The number of hydrogen-bond donors (Lipinski definition) is 1. The van der Waals surface area contributed by atoms with Gasteiger partial charge < -0.3 is 5.11 Å². The summed E-state index contributed by atoms with van der Waals surface area (Å²) in [6.45, 7) is 6.29. The largest absolute Gasteiger partial charge is 0.481 e. The SMILES string of the molecule is CC12CCC(C(=O)O)(c3nc4cc5ccccc5cc4nc31)C2(C)C. The summed E-state index contributed by atoms with van der Waals surface area (Å²) >= 11 is 0. The van der Waals surface area contributed by atoms with Gasteiger partial charge in [0.2, 0.25) is 0 Å². The van der Waals surface area contributed by atoms with Crippen LogP contribution >= 0.6 is 0 Å². The molecule has 2 aromatic carbocycles. The highest BCUT2D eigenvalue weighted by molar-refractivity contribution is 5.96. The van der Waals surface area contributed by atoms with Gasteiger partial charge in [0.15, 0.2) is 0 Å². The standard InChI is InChI=1S/C21H20N2O2/c1-19(2)20(3)8-9-21(19,18(24)25)17-16(20)22-14-10-12-6-4-5-7-13(12)11-15(14)23-17/h4-7,10-11H,8-9H2,1-3H3,(H,24,25). The zero-order valence-corrected chi connectivity index (χ0v) is 14.6. The Morgan fingerprint density at radius 3 is 2.08 bits per heavy atom. The van der Waals surface area contributed by atoms with Crippen molar-refractivity contribution in [3.8, 4) is 0 Å². The lowest BCUT2D eigenvalue weighted by atomic mass is 9.64. The minimum atomic E-state index is -0.941. The third-order valence-electron chi connectivity index (χ3n) is 7.27. The number of fused-ring (bicyclic) bond motifs is 7. The zero-order chi connectivity index (χ0) is 17.6. The third kappa shape index (κ3) is 1.44. The Morgan fingerprint density at radius 2 is 1.52 bits per heavy atom. The predicted molar refractivity (Wildman–Crippen MR) is 96.7 cm³/mol. The van der Waals surface area contributed by atoms with Gasteiger partial charge in [-0.1, -0.05) is 45.0 Å². The quantitative estimate of drug-likeness (QED) is 0.679. The summed E-state index contributed by atoms with van der Waals surface area (Å²) in [4.78, 5) is 22.2. The molecule has 2 aliphatic rings. The summed E-state index contributed by atoms with van der Waals surface area (Å²) < 4.78 is 0. The average molecular weight is 332 g/mol. The highest BCUT2D eigenvalue weighted by Crippen LogP contribution is 2.70. The summed E-state index contributed by atoms with van der Waals surface area (Å²) in [6.07, 6.45) is 1.47. The second-order valence-electron chi connectivity index (χ2n) is 8.28. The van der Waals surface area contributed by atoms with Gasteiger partial charge in [-0.05, 0) is 41.2 Å². The Balaban J connectivity index is 1.91. The number of benzene rings is 2. The van der Waals surface area contributed by atoms with Crippen LogP contribution in [0.15, 0.2) is 36.4 Å². The molecule has 25 heavy (non-hydrogen) atoms. The number of carbonyl (C=O) groups is 1. The summed E-state index contributed by atoms with van der Waals surface area (Å²) in [5.74, 6) is -0.769. The summed E-state index contributed by atoms with van der Waals surface area (Å²) in [6, 6.07) is 12.2. The number of carboxylic acids is 1. The van der Waals surface area contributed by atoms with E-state index in [2.05, 4.69) is 32.9 Å². The molecule has 1 N–H and O–H groups in total. The van der Waals surface area contributed by atoms with E-state index < -0.39 is 16.8 Å². The van der Waals surface area contributed by atoms with Crippen molar-refractivity contribution in [1.29, 1.82) is 0 Å². The van der Waals surface area contributed by atoms with Crippen LogP contribution < -0.4 is 0 Å². The third-order valence-corrected chi connectivity index (χ3v) is 7.27. The lowest BCUT2D eigenvalue weighted by Gasteiger charge is -2.37. The van der Waals surface area contributed by atoms with Crippen LogP contribution in [0.5, 0.6) is 0 Å². The molecule has 5 rings (SSSR count). The highest BCUT2D eigenvalue weighted by atomic mass is 16.4. The second kappa shape index (κ2) is 4.18. The maximum atomic E-state index is 12.4. The van der Waals surface area contributed by atoms with E-state index in [0.29, 0.717) is 12.1 Å². The van der Waals surface area contributed by atoms with Gasteiger partial charge in [-0.3, -0.25) is 4.79 Å². The van der Waals surface area contributed by atoms with E-state index in [0.717, 1.165) is 33.9 Å². The Bertz CT molecular complexity index is 1090. The topological polar surface area (TPSA) is 63.1 Å². The summed E-state index contributed by atoms with van der Waals surface area (Å²) in [5.41, 5.74) is 1.59. The Morgan fingerprint density at radius 1 is 0.960 bits per heavy atom. The molecule has 0 amide bonds. The van der Waals surface area contributed by atoms with Crippen LogP contribution in [-0.2, 0) is 15.6 Å². The minimum absolute atomic E-state index is 0.256. The van der Waals surface area contributed by atoms with Crippen molar-refractivity contribution >= 4 is 27.8 Å². The smallest absolute Gasteiger partial charge is 0.316 e. The normalized spacial score (nSPS) is 29.2. The van der Waals surface area contributed by atoms with Gasteiger partial charge in [0.1, 0.15) is 5.41 Å². The lowest BCUT2D eigenvalue weighted by molar-refractivity contribution is -0.148. The van der Waals surface area contributed by atoms with Crippen molar-refractivity contribution in [2.45, 2.75) is 44.4 Å². The van der Waals surface area contributed by atoms with Crippen molar-refractivity contribution in [3.63, 3.8) is 0 Å². The van der Waals surface area contributed by atoms with Crippen molar-refractivity contribution in [2.24, 2.45) is 5.41 Å². The van der Waals surface area contributed by atoms with Gasteiger partial charge in [0, 0.05) is 5.41 Å².